The Bertz CT molecular complexity index is 1080. The smallest absolute Gasteiger partial charge is 0.282 e. The molecular formula is C27H31N3O3. The molecule has 2 fully saturated rings. The Morgan fingerprint density at radius 2 is 1.42 bits per heavy atom. The van der Waals surface area contributed by atoms with E-state index in [9.17, 15) is 9.59 Å². The first-order valence-corrected chi connectivity index (χ1v) is 11.9. The van der Waals surface area contributed by atoms with Crippen LogP contribution in [-0.2, 0) is 9.59 Å². The summed E-state index contributed by atoms with van der Waals surface area (Å²) in [6, 6.07) is 15.3. The predicted molar refractivity (Wildman–Crippen MR) is 130 cm³/mol. The van der Waals surface area contributed by atoms with Crippen LogP contribution in [0.25, 0.3) is 5.57 Å². The Labute approximate surface area is 195 Å². The summed E-state index contributed by atoms with van der Waals surface area (Å²) in [6.45, 7) is 5.89. The number of carbonyl (C=O) groups is 2. The number of piperidine rings is 1. The zero-order valence-corrected chi connectivity index (χ0v) is 19.4. The van der Waals surface area contributed by atoms with Crippen LogP contribution in [0.3, 0.4) is 0 Å². The number of imide groups is 1. The van der Waals surface area contributed by atoms with Gasteiger partial charge < -0.3 is 14.5 Å². The van der Waals surface area contributed by atoms with Gasteiger partial charge in [0, 0.05) is 37.4 Å². The number of amides is 2. The third kappa shape index (κ3) is 3.88. The maximum absolute atomic E-state index is 13.8. The number of benzene rings is 2. The summed E-state index contributed by atoms with van der Waals surface area (Å²) in [6.07, 6.45) is 4.42. The van der Waals surface area contributed by atoms with Crippen molar-refractivity contribution >= 4 is 28.8 Å². The van der Waals surface area contributed by atoms with Crippen molar-refractivity contribution in [1.29, 1.82) is 0 Å². The summed E-state index contributed by atoms with van der Waals surface area (Å²) >= 11 is 0. The second-order valence-electron chi connectivity index (χ2n) is 9.25. The lowest BCUT2D eigenvalue weighted by Crippen LogP contribution is -2.38. The second kappa shape index (κ2) is 8.93. The first-order chi connectivity index (χ1) is 16.1. The van der Waals surface area contributed by atoms with E-state index in [2.05, 4.69) is 16.7 Å². The lowest BCUT2D eigenvalue weighted by atomic mass is 9.97. The third-order valence-electron chi connectivity index (χ3n) is 7.11. The van der Waals surface area contributed by atoms with Gasteiger partial charge in [-0.2, -0.15) is 0 Å². The van der Waals surface area contributed by atoms with E-state index in [0.717, 1.165) is 44.7 Å². The summed E-state index contributed by atoms with van der Waals surface area (Å²) in [5.74, 6) is 0.692. The van der Waals surface area contributed by atoms with Crippen LogP contribution in [0.1, 0.15) is 38.2 Å². The third-order valence-corrected chi connectivity index (χ3v) is 7.11. The number of nitrogens with zero attached hydrogens (tertiary/aromatic N) is 3. The van der Waals surface area contributed by atoms with Crippen LogP contribution in [0.4, 0.5) is 11.4 Å². The van der Waals surface area contributed by atoms with Crippen molar-refractivity contribution in [2.45, 2.75) is 32.6 Å². The molecular weight excluding hydrogens is 414 g/mol. The van der Waals surface area contributed by atoms with E-state index in [1.807, 2.05) is 48.5 Å². The number of carbonyl (C=O) groups excluding carboxylic acids is 2. The van der Waals surface area contributed by atoms with Crippen LogP contribution >= 0.6 is 0 Å². The molecule has 0 spiro atoms. The summed E-state index contributed by atoms with van der Waals surface area (Å²) in [5.41, 5.74) is 3.36. The van der Waals surface area contributed by atoms with Gasteiger partial charge in [-0.3, -0.25) is 9.59 Å². The molecule has 2 aromatic carbocycles. The zero-order chi connectivity index (χ0) is 22.9. The molecule has 2 aromatic rings. The van der Waals surface area contributed by atoms with Crippen molar-refractivity contribution in [3.63, 3.8) is 0 Å². The molecule has 3 aliphatic heterocycles. The molecule has 33 heavy (non-hydrogen) atoms. The Kier molecular flexibility index (Phi) is 5.83. The molecule has 6 nitrogen and oxygen atoms in total. The van der Waals surface area contributed by atoms with E-state index in [0.29, 0.717) is 34.2 Å². The van der Waals surface area contributed by atoms with Crippen molar-refractivity contribution in [1.82, 2.24) is 4.90 Å². The van der Waals surface area contributed by atoms with Crippen molar-refractivity contribution in [2.75, 3.05) is 43.1 Å². The molecule has 5 rings (SSSR count). The molecule has 0 aliphatic carbocycles. The molecule has 0 radical (unpaired) electrons. The van der Waals surface area contributed by atoms with Gasteiger partial charge in [0.1, 0.15) is 11.4 Å². The normalized spacial score (nSPS) is 19.8. The highest BCUT2D eigenvalue weighted by Gasteiger charge is 2.43. The molecule has 0 bridgehead atoms. The van der Waals surface area contributed by atoms with Gasteiger partial charge in [0.05, 0.1) is 18.4 Å². The minimum Gasteiger partial charge on any atom is -0.496 e. The number of para-hydroxylation sites is 1. The summed E-state index contributed by atoms with van der Waals surface area (Å²) in [5, 5.41) is 0. The topological polar surface area (TPSA) is 53.1 Å². The van der Waals surface area contributed by atoms with Gasteiger partial charge in [0.2, 0.25) is 0 Å². The lowest BCUT2D eigenvalue weighted by molar-refractivity contribution is -0.120. The zero-order valence-electron chi connectivity index (χ0n) is 19.4. The number of ether oxygens (including phenoxy) is 1. The predicted octanol–water partition coefficient (Wildman–Crippen LogP) is 4.31. The molecule has 6 heteroatoms. The Morgan fingerprint density at radius 3 is 2.09 bits per heavy atom. The van der Waals surface area contributed by atoms with Crippen LogP contribution in [0.5, 0.6) is 5.75 Å². The average Bonchev–Trinajstić information content (AvgIpc) is 3.46. The summed E-state index contributed by atoms with van der Waals surface area (Å²) in [4.78, 5) is 33.4. The van der Waals surface area contributed by atoms with E-state index < -0.39 is 0 Å². The fraction of sp³-hybridized carbons (Fsp3) is 0.407. The molecule has 3 aliphatic rings. The van der Waals surface area contributed by atoms with E-state index >= 15 is 0 Å². The van der Waals surface area contributed by atoms with Crippen LogP contribution < -0.4 is 14.5 Å². The van der Waals surface area contributed by atoms with Gasteiger partial charge in [-0.05, 0) is 61.9 Å². The maximum Gasteiger partial charge on any atom is 0.282 e. The SMILES string of the molecule is COc1ccccc1C1=C(N2CCC(C)CC2)C(=O)N(c2ccc(N3CCCC3)cc2)C1=O. The van der Waals surface area contributed by atoms with Crippen molar-refractivity contribution in [3.05, 3.63) is 59.8 Å². The first-order valence-electron chi connectivity index (χ1n) is 11.9. The Hall–Kier alpha value is -3.28. The number of rotatable bonds is 5. The monoisotopic (exact) mass is 445 g/mol. The molecule has 0 saturated carbocycles. The van der Waals surface area contributed by atoms with Gasteiger partial charge in [-0.1, -0.05) is 25.1 Å². The van der Waals surface area contributed by atoms with E-state index in [4.69, 9.17) is 4.74 Å². The summed E-state index contributed by atoms with van der Waals surface area (Å²) in [7, 11) is 1.59. The highest BCUT2D eigenvalue weighted by atomic mass is 16.5. The van der Waals surface area contributed by atoms with Crippen molar-refractivity contribution in [2.24, 2.45) is 5.92 Å². The van der Waals surface area contributed by atoms with E-state index in [1.165, 1.54) is 17.7 Å². The van der Waals surface area contributed by atoms with Crippen LogP contribution in [0, 0.1) is 5.92 Å². The Morgan fingerprint density at radius 1 is 0.788 bits per heavy atom. The van der Waals surface area contributed by atoms with Gasteiger partial charge in [-0.25, -0.2) is 4.90 Å². The Balaban J connectivity index is 1.54. The fourth-order valence-electron chi connectivity index (χ4n) is 5.16. The number of anilines is 2. The highest BCUT2D eigenvalue weighted by molar-refractivity contribution is 6.45. The quantitative estimate of drug-likeness (QED) is 0.642. The fourth-order valence-corrected chi connectivity index (χ4v) is 5.16. The first kappa shape index (κ1) is 21.6. The lowest BCUT2D eigenvalue weighted by Gasteiger charge is -2.32. The molecule has 2 amide bonds. The number of likely N-dealkylation sites (tertiary alicyclic amines) is 1. The van der Waals surface area contributed by atoms with Crippen molar-refractivity contribution < 1.29 is 14.3 Å². The molecule has 0 N–H and O–H groups in total. The highest BCUT2D eigenvalue weighted by Crippen LogP contribution is 2.39. The maximum atomic E-state index is 13.8. The van der Waals surface area contributed by atoms with Gasteiger partial charge in [0.15, 0.2) is 0 Å². The van der Waals surface area contributed by atoms with Crippen molar-refractivity contribution in [3.8, 4) is 5.75 Å². The molecule has 2 saturated heterocycles. The minimum absolute atomic E-state index is 0.246. The molecule has 0 unspecified atom stereocenters. The minimum atomic E-state index is -0.285. The van der Waals surface area contributed by atoms with E-state index in [1.54, 1.807) is 7.11 Å². The average molecular weight is 446 g/mol. The largest absolute Gasteiger partial charge is 0.496 e. The van der Waals surface area contributed by atoms with Gasteiger partial charge >= 0.3 is 0 Å². The van der Waals surface area contributed by atoms with Gasteiger partial charge in [-0.15, -0.1) is 0 Å². The summed E-state index contributed by atoms with van der Waals surface area (Å²) < 4.78 is 5.57. The second-order valence-corrected chi connectivity index (χ2v) is 9.25. The van der Waals surface area contributed by atoms with E-state index in [-0.39, 0.29) is 11.8 Å². The van der Waals surface area contributed by atoms with Crippen LogP contribution in [0.2, 0.25) is 0 Å². The number of methoxy groups -OCH3 is 1. The van der Waals surface area contributed by atoms with Crippen LogP contribution in [-0.4, -0.2) is 50.0 Å². The van der Waals surface area contributed by atoms with Crippen LogP contribution in [0.15, 0.2) is 54.2 Å². The molecule has 0 aromatic heterocycles. The number of hydrogen-bond donors (Lipinski definition) is 0. The molecule has 172 valence electrons. The standard InChI is InChI=1S/C27H31N3O3/c1-19-13-17-29(18-14-19)25-24(22-7-3-4-8-23(22)33-2)26(31)30(27(25)32)21-11-9-20(10-12-21)28-15-5-6-16-28/h3-4,7-12,19H,5-6,13-18H2,1-2H3. The van der Waals surface area contributed by atoms with Gasteiger partial charge in [0.25, 0.3) is 11.8 Å². The molecule has 0 atom stereocenters. The molecule has 3 heterocycles. The number of hydrogen-bond acceptors (Lipinski definition) is 5.